The average molecular weight is 449 g/mol. The molecular weight excluding hydrogens is 400 g/mol. The van der Waals surface area contributed by atoms with Gasteiger partial charge in [0.05, 0.1) is 6.54 Å². The quantitative estimate of drug-likeness (QED) is 0.172. The number of aromatic hydroxyl groups is 1. The third kappa shape index (κ3) is 17.7. The predicted molar refractivity (Wildman–Crippen MR) is 135 cm³/mol. The number of carbonyl (C=O) groups is 1. The van der Waals surface area contributed by atoms with Crippen LogP contribution in [0, 0.1) is 0 Å². The zero-order valence-corrected chi connectivity index (χ0v) is 20.5. The fraction of sp³-hybridized carbons (Fsp3) is 0.741. The summed E-state index contributed by atoms with van der Waals surface area (Å²) in [6, 6.07) is 6.42. The molecule has 32 heavy (non-hydrogen) atoms. The van der Waals surface area contributed by atoms with Crippen LogP contribution in [0.4, 0.5) is 4.79 Å². The summed E-state index contributed by atoms with van der Waals surface area (Å²) in [6.07, 6.45) is 21.7. The number of ether oxygens (including phenoxy) is 1. The fourth-order valence-electron chi connectivity index (χ4n) is 3.81. The van der Waals surface area contributed by atoms with Crippen LogP contribution in [0.5, 0.6) is 11.5 Å². The van der Waals surface area contributed by atoms with Gasteiger partial charge in [-0.25, -0.2) is 4.79 Å². The Morgan fingerprint density at radius 3 is 1.62 bits per heavy atom. The zero-order valence-electron chi connectivity index (χ0n) is 20.5. The van der Waals surface area contributed by atoms with Crippen molar-refractivity contribution < 1.29 is 14.6 Å². The summed E-state index contributed by atoms with van der Waals surface area (Å²) >= 11 is 0. The molecule has 3 N–H and O–H groups in total. The van der Waals surface area contributed by atoms with Crippen molar-refractivity contribution in [2.75, 3.05) is 19.7 Å². The first-order chi connectivity index (χ1) is 15.7. The third-order valence-electron chi connectivity index (χ3n) is 5.81. The van der Waals surface area contributed by atoms with E-state index in [1.165, 1.54) is 96.3 Å². The maximum Gasteiger partial charge on any atom is 0.314 e. The topological polar surface area (TPSA) is 70.6 Å². The molecule has 0 aromatic heterocycles. The first kappa shape index (κ1) is 28.1. The summed E-state index contributed by atoms with van der Waals surface area (Å²) in [5.74, 6) is 0.891. The van der Waals surface area contributed by atoms with Gasteiger partial charge in [0.15, 0.2) is 0 Å². The van der Waals surface area contributed by atoms with E-state index in [0.717, 1.165) is 13.0 Å². The second-order valence-electron chi connectivity index (χ2n) is 8.83. The molecule has 0 atom stereocenters. The molecule has 184 valence electrons. The van der Waals surface area contributed by atoms with Crippen LogP contribution < -0.4 is 15.4 Å². The van der Waals surface area contributed by atoms with Gasteiger partial charge in [0.2, 0.25) is 0 Å². The van der Waals surface area contributed by atoms with E-state index in [2.05, 4.69) is 17.6 Å². The van der Waals surface area contributed by atoms with Gasteiger partial charge in [0, 0.05) is 6.54 Å². The number of benzene rings is 1. The Morgan fingerprint density at radius 2 is 1.12 bits per heavy atom. The van der Waals surface area contributed by atoms with Gasteiger partial charge in [-0.3, -0.25) is 0 Å². The lowest BCUT2D eigenvalue weighted by Gasteiger charge is -2.09. The lowest BCUT2D eigenvalue weighted by atomic mass is 10.0. The summed E-state index contributed by atoms with van der Waals surface area (Å²) in [5, 5.41) is 14.9. The summed E-state index contributed by atoms with van der Waals surface area (Å²) in [4.78, 5) is 11.7. The molecule has 1 aromatic rings. The Bertz CT molecular complexity index is 548. The van der Waals surface area contributed by atoms with E-state index in [0.29, 0.717) is 18.9 Å². The molecule has 0 bridgehead atoms. The molecule has 0 fully saturated rings. The predicted octanol–water partition coefficient (Wildman–Crippen LogP) is 7.33. The maximum atomic E-state index is 11.7. The van der Waals surface area contributed by atoms with E-state index in [4.69, 9.17) is 4.74 Å². The van der Waals surface area contributed by atoms with Gasteiger partial charge < -0.3 is 20.5 Å². The smallest absolute Gasteiger partial charge is 0.314 e. The number of phenolic OH excluding ortho intramolecular Hbond substituents is 1. The molecule has 0 aliphatic rings. The van der Waals surface area contributed by atoms with Crippen molar-refractivity contribution in [3.8, 4) is 11.5 Å². The molecule has 2 amide bonds. The lowest BCUT2D eigenvalue weighted by Crippen LogP contribution is -2.38. The van der Waals surface area contributed by atoms with Gasteiger partial charge in [-0.05, 0) is 30.7 Å². The number of nitrogens with one attached hydrogen (secondary N) is 2. The van der Waals surface area contributed by atoms with Gasteiger partial charge in [-0.2, -0.15) is 0 Å². The normalized spacial score (nSPS) is 10.8. The molecule has 0 heterocycles. The number of hydrogen-bond acceptors (Lipinski definition) is 3. The number of phenols is 1. The molecule has 0 unspecified atom stereocenters. The van der Waals surface area contributed by atoms with Crippen molar-refractivity contribution in [1.82, 2.24) is 10.6 Å². The molecule has 0 aliphatic heterocycles. The van der Waals surface area contributed by atoms with Crippen molar-refractivity contribution >= 4 is 6.03 Å². The number of amides is 2. The van der Waals surface area contributed by atoms with Crippen molar-refractivity contribution in [2.24, 2.45) is 0 Å². The molecule has 0 spiro atoms. The minimum absolute atomic E-state index is 0.139. The molecule has 1 aromatic carbocycles. The van der Waals surface area contributed by atoms with E-state index in [1.807, 2.05) is 0 Å². The Morgan fingerprint density at radius 1 is 0.688 bits per heavy atom. The largest absolute Gasteiger partial charge is 0.508 e. The first-order valence-electron chi connectivity index (χ1n) is 13.2. The SMILES string of the molecule is CCCCCCCCCCCCCCCCCCNC(=O)NCCOc1ccc(O)cc1. The van der Waals surface area contributed by atoms with E-state index < -0.39 is 0 Å². The average Bonchev–Trinajstić information content (AvgIpc) is 2.80. The monoisotopic (exact) mass is 448 g/mol. The molecule has 5 heteroatoms. The van der Waals surface area contributed by atoms with Crippen LogP contribution in [0.2, 0.25) is 0 Å². The van der Waals surface area contributed by atoms with Gasteiger partial charge in [-0.1, -0.05) is 103 Å². The van der Waals surface area contributed by atoms with E-state index in [-0.39, 0.29) is 11.8 Å². The Labute approximate surface area is 196 Å². The second-order valence-corrected chi connectivity index (χ2v) is 8.83. The number of carbonyl (C=O) groups excluding carboxylic acids is 1. The van der Waals surface area contributed by atoms with Crippen LogP contribution in [-0.2, 0) is 0 Å². The van der Waals surface area contributed by atoms with Crippen molar-refractivity contribution in [3.05, 3.63) is 24.3 Å². The van der Waals surface area contributed by atoms with Gasteiger partial charge >= 0.3 is 6.03 Å². The first-order valence-corrected chi connectivity index (χ1v) is 13.2. The zero-order chi connectivity index (χ0) is 23.1. The van der Waals surface area contributed by atoms with Crippen LogP contribution >= 0.6 is 0 Å². The highest BCUT2D eigenvalue weighted by atomic mass is 16.5. The van der Waals surface area contributed by atoms with Crippen LogP contribution in [0.25, 0.3) is 0 Å². The molecular formula is C27H48N2O3. The lowest BCUT2D eigenvalue weighted by molar-refractivity contribution is 0.236. The van der Waals surface area contributed by atoms with Gasteiger partial charge in [0.25, 0.3) is 0 Å². The molecule has 1 rings (SSSR count). The van der Waals surface area contributed by atoms with Crippen molar-refractivity contribution in [2.45, 2.75) is 110 Å². The summed E-state index contributed by atoms with van der Waals surface area (Å²) in [6.45, 7) is 3.85. The van der Waals surface area contributed by atoms with E-state index in [1.54, 1.807) is 24.3 Å². The van der Waals surface area contributed by atoms with E-state index in [9.17, 15) is 9.90 Å². The van der Waals surface area contributed by atoms with Crippen molar-refractivity contribution in [1.29, 1.82) is 0 Å². The number of hydrogen-bond donors (Lipinski definition) is 3. The van der Waals surface area contributed by atoms with Gasteiger partial charge in [0.1, 0.15) is 18.1 Å². The highest BCUT2D eigenvalue weighted by Gasteiger charge is 2.00. The molecule has 0 radical (unpaired) electrons. The maximum absolute atomic E-state index is 11.7. The standard InChI is InChI=1S/C27H48N2O3/c1-2-3-4-5-6-7-8-9-10-11-12-13-14-15-16-17-22-28-27(31)29-23-24-32-26-20-18-25(30)19-21-26/h18-21,30H,2-17,22-24H2,1H3,(H2,28,29,31). The minimum atomic E-state index is -0.139. The third-order valence-corrected chi connectivity index (χ3v) is 5.81. The summed E-state index contributed by atoms with van der Waals surface area (Å²) in [7, 11) is 0. The highest BCUT2D eigenvalue weighted by Crippen LogP contribution is 2.15. The Hall–Kier alpha value is -1.91. The number of rotatable bonds is 21. The van der Waals surface area contributed by atoms with Crippen LogP contribution in [0.3, 0.4) is 0 Å². The fourth-order valence-corrected chi connectivity index (χ4v) is 3.81. The molecule has 5 nitrogen and oxygen atoms in total. The Balaban J connectivity index is 1.75. The van der Waals surface area contributed by atoms with Crippen LogP contribution in [0.1, 0.15) is 110 Å². The Kier molecular flexibility index (Phi) is 18.4. The van der Waals surface area contributed by atoms with Gasteiger partial charge in [-0.15, -0.1) is 0 Å². The van der Waals surface area contributed by atoms with Crippen molar-refractivity contribution in [3.63, 3.8) is 0 Å². The van der Waals surface area contributed by atoms with Crippen LogP contribution in [-0.4, -0.2) is 30.8 Å². The number of unbranched alkanes of at least 4 members (excludes halogenated alkanes) is 15. The molecule has 0 saturated heterocycles. The number of urea groups is 1. The van der Waals surface area contributed by atoms with E-state index >= 15 is 0 Å². The van der Waals surface area contributed by atoms with Crippen LogP contribution in [0.15, 0.2) is 24.3 Å². The summed E-state index contributed by atoms with van der Waals surface area (Å²) < 4.78 is 5.50. The summed E-state index contributed by atoms with van der Waals surface area (Å²) in [5.41, 5.74) is 0. The highest BCUT2D eigenvalue weighted by molar-refractivity contribution is 5.73. The minimum Gasteiger partial charge on any atom is -0.508 e. The molecule has 0 saturated carbocycles. The molecule has 0 aliphatic carbocycles. The second kappa shape index (κ2) is 21.0.